The van der Waals surface area contributed by atoms with E-state index in [4.69, 9.17) is 16.3 Å². The summed E-state index contributed by atoms with van der Waals surface area (Å²) in [5, 5.41) is 0. The fraction of sp³-hybridized carbons (Fsp3) is 0.188. The van der Waals surface area contributed by atoms with Gasteiger partial charge in [-0.2, -0.15) is 0 Å². The molecule has 0 saturated carbocycles. The topological polar surface area (TPSA) is 26.3 Å². The number of alkyl halides is 1. The van der Waals surface area contributed by atoms with Crippen molar-refractivity contribution in [3.05, 3.63) is 54.1 Å². The SMILES string of the molecule is O=[C]c1ccc(-c2ccc(OCCCCl)cc2)cc1. The van der Waals surface area contributed by atoms with Crippen molar-refractivity contribution in [3.63, 3.8) is 0 Å². The summed E-state index contributed by atoms with van der Waals surface area (Å²) < 4.78 is 5.54. The third-order valence-corrected chi connectivity index (χ3v) is 3.00. The molecule has 2 aromatic carbocycles. The molecule has 19 heavy (non-hydrogen) atoms. The molecule has 2 aromatic rings. The van der Waals surface area contributed by atoms with Gasteiger partial charge in [0, 0.05) is 11.4 Å². The second-order valence-electron chi connectivity index (χ2n) is 4.09. The van der Waals surface area contributed by atoms with Gasteiger partial charge in [0.2, 0.25) is 6.29 Å². The van der Waals surface area contributed by atoms with Crippen LogP contribution in [0, 0.1) is 0 Å². The summed E-state index contributed by atoms with van der Waals surface area (Å²) in [7, 11) is 0. The summed E-state index contributed by atoms with van der Waals surface area (Å²) in [6, 6.07) is 15.2. The molecule has 97 valence electrons. The van der Waals surface area contributed by atoms with Crippen LogP contribution in [0.2, 0.25) is 0 Å². The maximum Gasteiger partial charge on any atom is 0.233 e. The quantitative estimate of drug-likeness (QED) is 0.591. The van der Waals surface area contributed by atoms with Gasteiger partial charge in [0.25, 0.3) is 0 Å². The monoisotopic (exact) mass is 273 g/mol. The van der Waals surface area contributed by atoms with Crippen LogP contribution in [0.25, 0.3) is 11.1 Å². The van der Waals surface area contributed by atoms with Crippen LogP contribution < -0.4 is 4.74 Å². The zero-order valence-corrected chi connectivity index (χ0v) is 11.2. The molecule has 0 atom stereocenters. The van der Waals surface area contributed by atoms with Crippen LogP contribution >= 0.6 is 11.6 Å². The van der Waals surface area contributed by atoms with Gasteiger partial charge in [-0.3, -0.25) is 4.79 Å². The average Bonchev–Trinajstić information content (AvgIpc) is 2.48. The summed E-state index contributed by atoms with van der Waals surface area (Å²) in [5.74, 6) is 1.45. The number of carbonyl (C=O) groups excluding carboxylic acids is 1. The molecule has 3 heteroatoms. The molecule has 0 fully saturated rings. The zero-order chi connectivity index (χ0) is 13.5. The van der Waals surface area contributed by atoms with E-state index >= 15 is 0 Å². The van der Waals surface area contributed by atoms with Gasteiger partial charge in [-0.05, 0) is 29.7 Å². The molecule has 0 saturated heterocycles. The third-order valence-electron chi connectivity index (χ3n) is 2.74. The molecule has 0 spiro atoms. The Bertz CT molecular complexity index is 517. The van der Waals surface area contributed by atoms with Gasteiger partial charge in [-0.25, -0.2) is 0 Å². The highest BCUT2D eigenvalue weighted by molar-refractivity contribution is 6.17. The van der Waals surface area contributed by atoms with Gasteiger partial charge in [-0.15, -0.1) is 11.6 Å². The molecule has 0 N–H and O–H groups in total. The minimum absolute atomic E-state index is 0.560. The normalized spacial score (nSPS) is 10.2. The van der Waals surface area contributed by atoms with Crippen molar-refractivity contribution in [1.29, 1.82) is 0 Å². The van der Waals surface area contributed by atoms with Crippen LogP contribution in [-0.2, 0) is 4.79 Å². The molecule has 1 radical (unpaired) electrons. The second-order valence-corrected chi connectivity index (χ2v) is 4.47. The van der Waals surface area contributed by atoms with E-state index in [1.807, 2.05) is 42.7 Å². The highest BCUT2D eigenvalue weighted by Crippen LogP contribution is 2.22. The van der Waals surface area contributed by atoms with E-state index in [0.29, 0.717) is 18.1 Å². The highest BCUT2D eigenvalue weighted by Gasteiger charge is 1.99. The molecule has 0 aliphatic rings. The maximum absolute atomic E-state index is 10.5. The lowest BCUT2D eigenvalue weighted by Gasteiger charge is -2.06. The molecule has 0 bridgehead atoms. The van der Waals surface area contributed by atoms with E-state index in [9.17, 15) is 4.79 Å². The van der Waals surface area contributed by atoms with Crippen molar-refractivity contribution >= 4 is 17.9 Å². The molecular formula is C16H14ClO2. The van der Waals surface area contributed by atoms with Crippen molar-refractivity contribution in [2.75, 3.05) is 12.5 Å². The molecule has 0 aromatic heterocycles. The minimum Gasteiger partial charge on any atom is -0.494 e. The molecule has 2 nitrogen and oxygen atoms in total. The fourth-order valence-electron chi connectivity index (χ4n) is 1.72. The number of benzene rings is 2. The van der Waals surface area contributed by atoms with Crippen molar-refractivity contribution in [2.45, 2.75) is 6.42 Å². The molecule has 0 unspecified atom stereocenters. The minimum atomic E-state index is 0.560. The van der Waals surface area contributed by atoms with Crippen molar-refractivity contribution in [3.8, 4) is 16.9 Å². The lowest BCUT2D eigenvalue weighted by atomic mass is 10.0. The second kappa shape index (κ2) is 6.95. The predicted molar refractivity (Wildman–Crippen MR) is 77.5 cm³/mol. The Morgan fingerprint density at radius 2 is 1.53 bits per heavy atom. The average molecular weight is 274 g/mol. The first kappa shape index (κ1) is 13.6. The van der Waals surface area contributed by atoms with Gasteiger partial charge in [0.05, 0.1) is 6.61 Å². The highest BCUT2D eigenvalue weighted by atomic mass is 35.5. The summed E-state index contributed by atoms with van der Waals surface area (Å²) in [5.41, 5.74) is 2.71. The van der Waals surface area contributed by atoms with Crippen molar-refractivity contribution in [1.82, 2.24) is 0 Å². The Balaban J connectivity index is 2.06. The van der Waals surface area contributed by atoms with Gasteiger partial charge >= 0.3 is 0 Å². The van der Waals surface area contributed by atoms with E-state index in [2.05, 4.69) is 0 Å². The number of ether oxygens (including phenoxy) is 1. The Kier molecular flexibility index (Phi) is 4.99. The van der Waals surface area contributed by atoms with E-state index in [1.54, 1.807) is 12.1 Å². The van der Waals surface area contributed by atoms with Crippen molar-refractivity contribution < 1.29 is 9.53 Å². The fourth-order valence-corrected chi connectivity index (χ4v) is 1.83. The number of hydrogen-bond donors (Lipinski definition) is 0. The smallest absolute Gasteiger partial charge is 0.233 e. The zero-order valence-electron chi connectivity index (χ0n) is 10.4. The van der Waals surface area contributed by atoms with Crippen LogP contribution in [0.4, 0.5) is 0 Å². The first-order valence-corrected chi connectivity index (χ1v) is 6.64. The summed E-state index contributed by atoms with van der Waals surface area (Å²) in [6.45, 7) is 0.632. The van der Waals surface area contributed by atoms with Crippen LogP contribution in [0.3, 0.4) is 0 Å². The van der Waals surface area contributed by atoms with Crippen LogP contribution in [0.1, 0.15) is 12.0 Å². The van der Waals surface area contributed by atoms with E-state index in [0.717, 1.165) is 23.3 Å². The van der Waals surface area contributed by atoms with E-state index in [1.165, 1.54) is 0 Å². The van der Waals surface area contributed by atoms with E-state index < -0.39 is 0 Å². The molecule has 0 aliphatic carbocycles. The van der Waals surface area contributed by atoms with Crippen LogP contribution in [-0.4, -0.2) is 18.8 Å². The lowest BCUT2D eigenvalue weighted by Crippen LogP contribution is -1.97. The number of halogens is 1. The molecule has 2 rings (SSSR count). The molecule has 0 amide bonds. The van der Waals surface area contributed by atoms with E-state index in [-0.39, 0.29) is 0 Å². The Morgan fingerprint density at radius 3 is 2.05 bits per heavy atom. The number of hydrogen-bond acceptors (Lipinski definition) is 2. The summed E-state index contributed by atoms with van der Waals surface area (Å²) >= 11 is 5.59. The maximum atomic E-state index is 10.5. The summed E-state index contributed by atoms with van der Waals surface area (Å²) in [6.07, 6.45) is 2.70. The number of rotatable bonds is 6. The first-order valence-electron chi connectivity index (χ1n) is 6.11. The Labute approximate surface area is 118 Å². The van der Waals surface area contributed by atoms with Crippen LogP contribution in [0.5, 0.6) is 5.75 Å². The van der Waals surface area contributed by atoms with Gasteiger partial charge in [0.15, 0.2) is 0 Å². The van der Waals surface area contributed by atoms with Gasteiger partial charge in [0.1, 0.15) is 5.75 Å². The standard InChI is InChI=1S/C16H14ClO2/c17-10-1-11-19-16-8-6-15(7-9-16)14-4-2-13(12-18)3-5-14/h2-9H,1,10-11H2. The molecular weight excluding hydrogens is 260 g/mol. The third kappa shape index (κ3) is 3.83. The predicted octanol–water partition coefficient (Wildman–Crippen LogP) is 3.82. The molecule has 0 heterocycles. The summed E-state index contributed by atoms with van der Waals surface area (Å²) in [4.78, 5) is 10.5. The first-order chi connectivity index (χ1) is 9.33. The lowest BCUT2D eigenvalue weighted by molar-refractivity contribution is 0.318. The largest absolute Gasteiger partial charge is 0.494 e. The Hall–Kier alpha value is -1.80. The van der Waals surface area contributed by atoms with Gasteiger partial charge in [-0.1, -0.05) is 36.4 Å². The van der Waals surface area contributed by atoms with Gasteiger partial charge < -0.3 is 4.74 Å². The van der Waals surface area contributed by atoms with Crippen LogP contribution in [0.15, 0.2) is 48.5 Å². The Morgan fingerprint density at radius 1 is 0.947 bits per heavy atom. The van der Waals surface area contributed by atoms with Crippen molar-refractivity contribution in [2.24, 2.45) is 0 Å². The molecule has 0 aliphatic heterocycles.